The molecule has 0 bridgehead atoms. The molecule has 1 aromatic rings. The second-order valence-corrected chi connectivity index (χ2v) is 19.6. The molecule has 0 amide bonds. The number of ketones is 1. The molecule has 0 unspecified atom stereocenters. The lowest BCUT2D eigenvalue weighted by Crippen LogP contribution is -2.61. The Morgan fingerprint density at radius 2 is 1.54 bits per heavy atom. The van der Waals surface area contributed by atoms with Crippen molar-refractivity contribution >= 4 is 11.8 Å². The van der Waals surface area contributed by atoms with Crippen LogP contribution in [0.1, 0.15) is 107 Å². The third-order valence-corrected chi connectivity index (χ3v) is 14.2. The SMILES string of the molecule is CC[C@H]1OC(=O)[C@H](C)[C@@H](O[C@H]2C[C@@](C)(OC)[C@@H](O)[C@H](C)O2)[C@H](C)[C@@H](O[C@@H]2O[C@H](C)C[C@H](N(C)C)[C@H]2O)[C@@](C)(OCCNCCCc2ccccc2)C[C@@H](C)C(=O)[C@H](C)[C@@H](O)[C@]1(C)O. The minimum Gasteiger partial charge on any atom is -0.459 e. The highest BCUT2D eigenvalue weighted by molar-refractivity contribution is 5.83. The summed E-state index contributed by atoms with van der Waals surface area (Å²) in [5.41, 5.74) is -3.10. The number of ether oxygens (including phenoxy) is 7. The van der Waals surface area contributed by atoms with E-state index in [1.807, 2.05) is 58.0 Å². The average molecular weight is 895 g/mol. The standard InChI is InChI=1S/C48H82N2O13/c1-14-36-48(10,56)41(53)30(4)38(51)28(2)26-47(9,58-24-23-49-22-18-21-34-19-16-15-17-20-34)43(63-45-39(52)35(50(11)12)25-29(3)59-45)31(5)40(32(6)44(55)61-36)62-37-27-46(8,57-13)42(54)33(7)60-37/h15-17,19-20,28-33,35-37,39-43,45,49,52-54,56H,14,18,21-27H2,1-13H3/t28-,29-,30+,31+,32-,33+,35+,36-,37+,39-,40+,41-,42+,43-,45+,46-,47+,48-/m1/s1. The molecule has 15 heteroatoms. The van der Waals surface area contributed by atoms with Crippen LogP contribution in [0.2, 0.25) is 0 Å². The van der Waals surface area contributed by atoms with Crippen molar-refractivity contribution in [1.82, 2.24) is 10.2 Å². The van der Waals surface area contributed by atoms with Crippen molar-refractivity contribution in [3.8, 4) is 0 Å². The van der Waals surface area contributed by atoms with E-state index in [9.17, 15) is 30.0 Å². The van der Waals surface area contributed by atoms with Crippen LogP contribution in [0.25, 0.3) is 0 Å². The number of cyclic esters (lactones) is 1. The summed E-state index contributed by atoms with van der Waals surface area (Å²) < 4.78 is 45.4. The summed E-state index contributed by atoms with van der Waals surface area (Å²) >= 11 is 0. The number of benzene rings is 1. The maximum absolute atomic E-state index is 14.5. The fraction of sp³-hybridized carbons (Fsp3) is 0.833. The molecule has 0 aromatic heterocycles. The van der Waals surface area contributed by atoms with Crippen LogP contribution in [0.15, 0.2) is 30.3 Å². The molecule has 3 aliphatic heterocycles. The van der Waals surface area contributed by atoms with Crippen molar-refractivity contribution in [2.45, 2.75) is 192 Å². The van der Waals surface area contributed by atoms with Crippen LogP contribution >= 0.6 is 0 Å². The molecule has 0 spiro atoms. The number of Topliss-reactive ketones (excluding diaryl/α,β-unsaturated/α-hetero) is 1. The quantitative estimate of drug-likeness (QED) is 0.125. The Bertz CT molecular complexity index is 1570. The lowest BCUT2D eigenvalue weighted by molar-refractivity contribution is -0.320. The number of nitrogens with one attached hydrogen (secondary N) is 1. The highest BCUT2D eigenvalue weighted by Crippen LogP contribution is 2.42. The Morgan fingerprint density at radius 1 is 0.873 bits per heavy atom. The van der Waals surface area contributed by atoms with Crippen LogP contribution in [-0.4, -0.2) is 162 Å². The van der Waals surface area contributed by atoms with Gasteiger partial charge in [-0.1, -0.05) is 58.0 Å². The molecule has 3 saturated heterocycles. The molecule has 3 heterocycles. The number of likely N-dealkylation sites (N-methyl/N-ethyl adjacent to an activating group) is 1. The van der Waals surface area contributed by atoms with Gasteiger partial charge in [-0.3, -0.25) is 9.59 Å². The topological polar surface area (TPSA) is 195 Å². The number of hydrogen-bond donors (Lipinski definition) is 5. The predicted octanol–water partition coefficient (Wildman–Crippen LogP) is 4.03. The van der Waals surface area contributed by atoms with E-state index in [1.165, 1.54) is 19.6 Å². The Labute approximate surface area is 376 Å². The van der Waals surface area contributed by atoms with E-state index in [0.29, 0.717) is 13.0 Å². The number of aryl methyl sites for hydroxylation is 1. The maximum Gasteiger partial charge on any atom is 0.311 e. The van der Waals surface area contributed by atoms with Crippen molar-refractivity contribution in [3.05, 3.63) is 35.9 Å². The van der Waals surface area contributed by atoms with E-state index in [1.54, 1.807) is 41.5 Å². The van der Waals surface area contributed by atoms with Gasteiger partial charge in [0.2, 0.25) is 0 Å². The van der Waals surface area contributed by atoms with E-state index < -0.39 is 102 Å². The van der Waals surface area contributed by atoms with Gasteiger partial charge in [0, 0.05) is 43.9 Å². The van der Waals surface area contributed by atoms with Gasteiger partial charge in [-0.05, 0) is 99.9 Å². The summed E-state index contributed by atoms with van der Waals surface area (Å²) in [6, 6.07) is 9.97. The lowest BCUT2D eigenvalue weighted by atomic mass is 9.73. The third-order valence-electron chi connectivity index (χ3n) is 14.2. The number of aliphatic hydroxyl groups excluding tert-OH is 3. The van der Waals surface area contributed by atoms with Crippen molar-refractivity contribution in [1.29, 1.82) is 0 Å². The van der Waals surface area contributed by atoms with Gasteiger partial charge in [-0.25, -0.2) is 0 Å². The third kappa shape index (κ3) is 13.1. The summed E-state index contributed by atoms with van der Waals surface area (Å²) in [6.45, 7) is 18.7. The normalized spacial score (nSPS) is 42.5. The molecule has 15 nitrogen and oxygen atoms in total. The van der Waals surface area contributed by atoms with Crippen LogP contribution in [0.3, 0.4) is 0 Å². The number of carbonyl (C=O) groups is 2. The Balaban J connectivity index is 1.82. The van der Waals surface area contributed by atoms with Crippen LogP contribution in [0.4, 0.5) is 0 Å². The average Bonchev–Trinajstić information content (AvgIpc) is 3.24. The van der Waals surface area contributed by atoms with Crippen LogP contribution in [-0.2, 0) is 49.2 Å². The molecule has 1 aromatic carbocycles. The lowest BCUT2D eigenvalue weighted by Gasteiger charge is -2.50. The first-order chi connectivity index (χ1) is 29.5. The molecule has 3 fully saturated rings. The van der Waals surface area contributed by atoms with Gasteiger partial charge in [0.1, 0.15) is 29.7 Å². The highest BCUT2D eigenvalue weighted by Gasteiger charge is 2.54. The second-order valence-electron chi connectivity index (χ2n) is 19.6. The highest BCUT2D eigenvalue weighted by atomic mass is 16.7. The number of rotatable bonds is 15. The molecule has 3 aliphatic rings. The Morgan fingerprint density at radius 3 is 2.16 bits per heavy atom. The Kier molecular flexibility index (Phi) is 19.6. The van der Waals surface area contributed by atoms with Crippen molar-refractivity contribution < 1.29 is 63.2 Å². The first-order valence-corrected chi connectivity index (χ1v) is 23.2. The number of carbonyl (C=O) groups excluding carboxylic acids is 2. The number of nitrogens with zero attached hydrogens (tertiary/aromatic N) is 1. The second kappa shape index (κ2) is 23.1. The zero-order valence-corrected chi connectivity index (χ0v) is 40.3. The summed E-state index contributed by atoms with van der Waals surface area (Å²) in [6.07, 6.45) is -7.22. The maximum atomic E-state index is 14.5. The molecule has 18 atom stereocenters. The van der Waals surface area contributed by atoms with Gasteiger partial charge >= 0.3 is 5.97 Å². The van der Waals surface area contributed by atoms with Gasteiger partial charge in [0.25, 0.3) is 0 Å². The molecular weight excluding hydrogens is 813 g/mol. The Hall–Kier alpha value is -2.12. The van der Waals surface area contributed by atoms with Gasteiger partial charge in [0.05, 0.1) is 54.2 Å². The fourth-order valence-electron chi connectivity index (χ4n) is 10.1. The van der Waals surface area contributed by atoms with Crippen LogP contribution in [0, 0.1) is 23.7 Å². The molecular formula is C48H82N2O13. The van der Waals surface area contributed by atoms with E-state index in [2.05, 4.69) is 17.4 Å². The van der Waals surface area contributed by atoms with Crippen molar-refractivity contribution in [2.24, 2.45) is 23.7 Å². The zero-order valence-electron chi connectivity index (χ0n) is 40.3. The molecule has 362 valence electrons. The van der Waals surface area contributed by atoms with Gasteiger partial charge in [-0.2, -0.15) is 0 Å². The van der Waals surface area contributed by atoms with Crippen LogP contribution < -0.4 is 5.32 Å². The molecule has 63 heavy (non-hydrogen) atoms. The van der Waals surface area contributed by atoms with Gasteiger partial charge < -0.3 is 63.8 Å². The van der Waals surface area contributed by atoms with E-state index in [4.69, 9.17) is 33.2 Å². The monoisotopic (exact) mass is 895 g/mol. The summed E-state index contributed by atoms with van der Waals surface area (Å²) in [4.78, 5) is 30.8. The van der Waals surface area contributed by atoms with E-state index in [0.717, 1.165) is 19.4 Å². The van der Waals surface area contributed by atoms with Gasteiger partial charge in [-0.15, -0.1) is 0 Å². The minimum atomic E-state index is -1.99. The zero-order chi connectivity index (χ0) is 47.0. The number of methoxy groups -OCH3 is 1. The summed E-state index contributed by atoms with van der Waals surface area (Å²) in [7, 11) is 5.30. The number of esters is 1. The first kappa shape index (κ1) is 53.5. The molecule has 0 aliphatic carbocycles. The summed E-state index contributed by atoms with van der Waals surface area (Å²) in [5.74, 6) is -4.60. The molecule has 0 radical (unpaired) electrons. The van der Waals surface area contributed by atoms with Gasteiger partial charge in [0.15, 0.2) is 12.6 Å². The number of hydrogen-bond acceptors (Lipinski definition) is 15. The minimum absolute atomic E-state index is 0.0944. The van der Waals surface area contributed by atoms with Crippen molar-refractivity contribution in [2.75, 3.05) is 40.9 Å². The number of aliphatic hydroxyl groups is 4. The van der Waals surface area contributed by atoms with E-state index >= 15 is 0 Å². The largest absolute Gasteiger partial charge is 0.459 e. The molecule has 0 saturated carbocycles. The van der Waals surface area contributed by atoms with Crippen molar-refractivity contribution in [3.63, 3.8) is 0 Å². The van der Waals surface area contributed by atoms with Crippen LogP contribution in [0.5, 0.6) is 0 Å². The fourth-order valence-corrected chi connectivity index (χ4v) is 10.1. The smallest absolute Gasteiger partial charge is 0.311 e. The summed E-state index contributed by atoms with van der Waals surface area (Å²) in [5, 5.41) is 50.0. The first-order valence-electron chi connectivity index (χ1n) is 23.2. The predicted molar refractivity (Wildman–Crippen MR) is 238 cm³/mol. The molecule has 4 rings (SSSR count). The molecule has 5 N–H and O–H groups in total. The van der Waals surface area contributed by atoms with E-state index in [-0.39, 0.29) is 43.8 Å².